The number of aliphatic hydroxyl groups excluding tert-OH is 5. The summed E-state index contributed by atoms with van der Waals surface area (Å²) in [6.07, 6.45) is 65.2. The van der Waals surface area contributed by atoms with E-state index in [9.17, 15) is 30.3 Å². The Morgan fingerprint density at radius 1 is 0.446 bits per heavy atom. The molecule has 1 aliphatic heterocycles. The summed E-state index contributed by atoms with van der Waals surface area (Å²) >= 11 is 0. The summed E-state index contributed by atoms with van der Waals surface area (Å²) in [5.74, 6) is -0.184. The largest absolute Gasteiger partial charge is 0.394 e. The van der Waals surface area contributed by atoms with Crippen molar-refractivity contribution >= 4 is 5.91 Å². The normalized spacial score (nSPS) is 19.1. The van der Waals surface area contributed by atoms with Gasteiger partial charge in [0.2, 0.25) is 5.91 Å². The third kappa shape index (κ3) is 43.4. The van der Waals surface area contributed by atoms with Crippen LogP contribution in [0.1, 0.15) is 316 Å². The van der Waals surface area contributed by atoms with E-state index < -0.39 is 49.5 Å². The number of aliphatic hydroxyl groups is 5. The number of rotatable bonds is 56. The minimum absolute atomic E-state index is 0.184. The number of unbranched alkanes of at least 4 members (excludes halogenated alkanes) is 42. The van der Waals surface area contributed by atoms with Gasteiger partial charge in [-0.2, -0.15) is 0 Å². The van der Waals surface area contributed by atoms with Crippen molar-refractivity contribution in [2.24, 2.45) is 0 Å². The fourth-order valence-electron chi connectivity index (χ4n) is 10.4. The molecule has 74 heavy (non-hydrogen) atoms. The molecular weight excluding hydrogens is 923 g/mol. The highest BCUT2D eigenvalue weighted by Crippen LogP contribution is 2.23. The topological polar surface area (TPSA) is 149 Å². The van der Waals surface area contributed by atoms with Crippen LogP contribution in [0.25, 0.3) is 0 Å². The zero-order chi connectivity index (χ0) is 53.6. The maximum Gasteiger partial charge on any atom is 0.220 e. The second-order valence-corrected chi connectivity index (χ2v) is 22.5. The molecule has 1 heterocycles. The van der Waals surface area contributed by atoms with Crippen LogP contribution < -0.4 is 5.32 Å². The highest BCUT2D eigenvalue weighted by atomic mass is 16.7. The first kappa shape index (κ1) is 70.4. The maximum absolute atomic E-state index is 13.1. The zero-order valence-electron chi connectivity index (χ0n) is 48.6. The average Bonchev–Trinajstić information content (AvgIpc) is 3.40. The van der Waals surface area contributed by atoms with E-state index in [2.05, 4.69) is 43.5 Å². The van der Waals surface area contributed by atoms with Crippen LogP contribution in [0.15, 0.2) is 36.5 Å². The molecule has 6 N–H and O–H groups in total. The van der Waals surface area contributed by atoms with Gasteiger partial charge in [-0.3, -0.25) is 4.79 Å². The van der Waals surface area contributed by atoms with Crippen LogP contribution in [0.4, 0.5) is 0 Å². The predicted octanol–water partition coefficient (Wildman–Crippen LogP) is 16.7. The highest BCUT2D eigenvalue weighted by molar-refractivity contribution is 5.76. The fourth-order valence-corrected chi connectivity index (χ4v) is 10.4. The van der Waals surface area contributed by atoms with Gasteiger partial charge >= 0.3 is 0 Å². The standard InChI is InChI=1S/C65H123NO8/c1-3-5-7-9-11-13-15-17-19-21-23-25-27-29-30-31-33-35-37-39-41-43-45-47-49-51-53-55-61(69)66-58(57-73-65-64(72)63(71)62(70)60(56-67)74-65)59(68)54-52-50-48-46-44-42-40-38-36-34-32-28-26-24-22-20-18-16-14-12-10-8-6-4-2/h36,38,44,46,52,54,58-60,62-65,67-68,70-72H,3-35,37,39-43,45,47-51,53,55-57H2,1-2H3,(H,66,69)/b38-36+,46-44+,54-52+. The van der Waals surface area contributed by atoms with Gasteiger partial charge in [-0.15, -0.1) is 0 Å². The van der Waals surface area contributed by atoms with Gasteiger partial charge in [0.25, 0.3) is 0 Å². The molecule has 0 aliphatic carbocycles. The summed E-state index contributed by atoms with van der Waals surface area (Å²) < 4.78 is 11.3. The Balaban J connectivity index is 2.19. The minimum atomic E-state index is -1.57. The van der Waals surface area contributed by atoms with E-state index in [1.807, 2.05) is 6.08 Å². The smallest absolute Gasteiger partial charge is 0.220 e. The molecule has 1 aliphatic rings. The van der Waals surface area contributed by atoms with E-state index in [4.69, 9.17) is 9.47 Å². The molecular formula is C65H123NO8. The van der Waals surface area contributed by atoms with E-state index in [-0.39, 0.29) is 12.5 Å². The van der Waals surface area contributed by atoms with E-state index >= 15 is 0 Å². The molecule has 7 unspecified atom stereocenters. The van der Waals surface area contributed by atoms with Crippen LogP contribution in [0, 0.1) is 0 Å². The Kier molecular flexibility index (Phi) is 52.1. The third-order valence-corrected chi connectivity index (χ3v) is 15.4. The monoisotopic (exact) mass is 1050 g/mol. The second-order valence-electron chi connectivity index (χ2n) is 22.5. The fraction of sp³-hybridized carbons (Fsp3) is 0.892. The molecule has 0 aromatic rings. The Morgan fingerprint density at radius 3 is 1.14 bits per heavy atom. The van der Waals surface area contributed by atoms with Gasteiger partial charge in [0.15, 0.2) is 6.29 Å². The Bertz CT molecular complexity index is 1260. The summed E-state index contributed by atoms with van der Waals surface area (Å²) in [7, 11) is 0. The summed E-state index contributed by atoms with van der Waals surface area (Å²) in [6, 6.07) is -0.827. The highest BCUT2D eigenvalue weighted by Gasteiger charge is 2.44. The van der Waals surface area contributed by atoms with Crippen LogP contribution in [0.5, 0.6) is 0 Å². The number of carbonyl (C=O) groups excluding carboxylic acids is 1. The Labute approximate surface area is 457 Å². The molecule has 0 bridgehead atoms. The molecule has 0 aromatic heterocycles. The number of hydrogen-bond acceptors (Lipinski definition) is 8. The lowest BCUT2D eigenvalue weighted by atomic mass is 9.99. The quantitative estimate of drug-likeness (QED) is 0.0261. The van der Waals surface area contributed by atoms with Gasteiger partial charge in [0.1, 0.15) is 24.4 Å². The first-order valence-electron chi connectivity index (χ1n) is 32.2. The van der Waals surface area contributed by atoms with Crippen LogP contribution in [-0.4, -0.2) is 87.5 Å². The summed E-state index contributed by atoms with van der Waals surface area (Å²) in [5, 5.41) is 54.6. The van der Waals surface area contributed by atoms with Crippen LogP contribution in [0.3, 0.4) is 0 Å². The number of ether oxygens (including phenoxy) is 2. The van der Waals surface area contributed by atoms with Crippen LogP contribution in [-0.2, 0) is 14.3 Å². The lowest BCUT2D eigenvalue weighted by Crippen LogP contribution is -2.60. The van der Waals surface area contributed by atoms with Gasteiger partial charge in [-0.1, -0.05) is 301 Å². The van der Waals surface area contributed by atoms with Gasteiger partial charge < -0.3 is 40.3 Å². The lowest BCUT2D eigenvalue weighted by molar-refractivity contribution is -0.302. The number of amides is 1. The van der Waals surface area contributed by atoms with E-state index in [1.54, 1.807) is 6.08 Å². The molecule has 436 valence electrons. The van der Waals surface area contributed by atoms with E-state index in [0.717, 1.165) is 44.9 Å². The van der Waals surface area contributed by atoms with E-state index in [0.29, 0.717) is 6.42 Å². The molecule has 1 fully saturated rings. The van der Waals surface area contributed by atoms with Crippen molar-refractivity contribution in [3.63, 3.8) is 0 Å². The van der Waals surface area contributed by atoms with Crippen LogP contribution >= 0.6 is 0 Å². The molecule has 0 aromatic carbocycles. The first-order chi connectivity index (χ1) is 36.3. The zero-order valence-corrected chi connectivity index (χ0v) is 48.6. The molecule has 1 rings (SSSR count). The SMILES string of the molecule is CCCCCCCCCCCCCCCC/C=C/CC/C=C/CC/C=C/C(O)C(COC1OC(CO)C(O)C(O)C1O)NC(=O)CCCCCCCCCCCCCCCCCCCCCCCCCCCCC. The van der Waals surface area contributed by atoms with Gasteiger partial charge in [0, 0.05) is 6.42 Å². The number of allylic oxidation sites excluding steroid dienone is 5. The van der Waals surface area contributed by atoms with Crippen molar-refractivity contribution in [2.75, 3.05) is 13.2 Å². The lowest BCUT2D eigenvalue weighted by Gasteiger charge is -2.40. The number of nitrogens with one attached hydrogen (secondary N) is 1. The molecule has 9 heteroatoms. The first-order valence-corrected chi connectivity index (χ1v) is 32.2. The van der Waals surface area contributed by atoms with Crippen molar-refractivity contribution in [2.45, 2.75) is 358 Å². The molecule has 1 amide bonds. The summed E-state index contributed by atoms with van der Waals surface area (Å²) in [4.78, 5) is 13.1. The predicted molar refractivity (Wildman–Crippen MR) is 313 cm³/mol. The third-order valence-electron chi connectivity index (χ3n) is 15.4. The van der Waals surface area contributed by atoms with Crippen molar-refractivity contribution in [3.8, 4) is 0 Å². The van der Waals surface area contributed by atoms with Gasteiger partial charge in [-0.25, -0.2) is 0 Å². The molecule has 0 radical (unpaired) electrons. The van der Waals surface area contributed by atoms with Crippen LogP contribution in [0.2, 0.25) is 0 Å². The van der Waals surface area contributed by atoms with Gasteiger partial charge in [0.05, 0.1) is 25.4 Å². The van der Waals surface area contributed by atoms with Crippen molar-refractivity contribution in [3.05, 3.63) is 36.5 Å². The maximum atomic E-state index is 13.1. The van der Waals surface area contributed by atoms with Crippen molar-refractivity contribution < 1.29 is 39.8 Å². The second kappa shape index (κ2) is 54.8. The number of carbonyl (C=O) groups is 1. The Hall–Kier alpha value is -1.59. The molecule has 0 saturated carbocycles. The molecule has 1 saturated heterocycles. The van der Waals surface area contributed by atoms with Crippen molar-refractivity contribution in [1.82, 2.24) is 5.32 Å². The molecule has 9 nitrogen and oxygen atoms in total. The molecule has 7 atom stereocenters. The van der Waals surface area contributed by atoms with Gasteiger partial charge in [-0.05, 0) is 44.9 Å². The summed E-state index contributed by atoms with van der Waals surface area (Å²) in [6.45, 7) is 3.80. The minimum Gasteiger partial charge on any atom is -0.394 e. The molecule has 0 spiro atoms. The number of hydrogen-bond donors (Lipinski definition) is 6. The average molecular weight is 1050 g/mol. The van der Waals surface area contributed by atoms with Crippen molar-refractivity contribution in [1.29, 1.82) is 0 Å². The summed E-state index contributed by atoms with van der Waals surface area (Å²) in [5.41, 5.74) is 0. The van der Waals surface area contributed by atoms with E-state index in [1.165, 1.54) is 250 Å². The Morgan fingerprint density at radius 2 is 0.770 bits per heavy atom.